The fraction of sp³-hybridized carbons (Fsp3) is 0.526. The number of nitrogens with zero attached hydrogens (tertiary/aromatic N) is 1. The van der Waals surface area contributed by atoms with Gasteiger partial charge in [0.05, 0.1) is 10.7 Å². The van der Waals surface area contributed by atoms with Crippen LogP contribution in [0, 0.1) is 5.82 Å². The molecule has 6 nitrogen and oxygen atoms in total. The Kier molecular flexibility index (Phi) is 6.29. The van der Waals surface area contributed by atoms with E-state index in [1.807, 2.05) is 0 Å². The SMILES string of the molecule is O=S(=O)(Nc1nccs1)c1cc(Cl)c(N[C@@H]2CCCC[C@@H]2NC2CCC2)cc1F. The predicted octanol–water partition coefficient (Wildman–Crippen LogP) is 4.60. The molecule has 1 aromatic heterocycles. The van der Waals surface area contributed by atoms with E-state index < -0.39 is 20.7 Å². The number of thiazole rings is 1. The number of anilines is 2. The molecule has 2 atom stereocenters. The van der Waals surface area contributed by atoms with Gasteiger partial charge in [-0.3, -0.25) is 4.72 Å². The Bertz CT molecular complexity index is 951. The fourth-order valence-corrected chi connectivity index (χ4v) is 6.03. The minimum atomic E-state index is -4.11. The van der Waals surface area contributed by atoms with Gasteiger partial charge in [-0.1, -0.05) is 30.9 Å². The summed E-state index contributed by atoms with van der Waals surface area (Å²) in [5.41, 5.74) is 0.421. The second kappa shape index (κ2) is 8.75. The van der Waals surface area contributed by atoms with Crippen LogP contribution < -0.4 is 15.4 Å². The van der Waals surface area contributed by atoms with Crippen LogP contribution in [-0.2, 0) is 10.0 Å². The van der Waals surface area contributed by atoms with Crippen molar-refractivity contribution in [3.8, 4) is 0 Å². The molecule has 3 N–H and O–H groups in total. The lowest BCUT2D eigenvalue weighted by molar-refractivity contribution is 0.253. The van der Waals surface area contributed by atoms with Crippen molar-refractivity contribution in [1.29, 1.82) is 0 Å². The molecular weight excluding hydrogens is 435 g/mol. The molecule has 2 saturated carbocycles. The second-order valence-corrected chi connectivity index (χ2v) is 10.6. The summed E-state index contributed by atoms with van der Waals surface area (Å²) >= 11 is 7.46. The topological polar surface area (TPSA) is 83.1 Å². The summed E-state index contributed by atoms with van der Waals surface area (Å²) in [7, 11) is -4.11. The van der Waals surface area contributed by atoms with Crippen molar-refractivity contribution in [2.75, 3.05) is 10.0 Å². The van der Waals surface area contributed by atoms with Crippen molar-refractivity contribution in [3.05, 3.63) is 34.5 Å². The average Bonchev–Trinajstić information content (AvgIpc) is 3.14. The van der Waals surface area contributed by atoms with Gasteiger partial charge in [0.1, 0.15) is 10.7 Å². The van der Waals surface area contributed by atoms with Gasteiger partial charge in [0.25, 0.3) is 10.0 Å². The Labute approximate surface area is 179 Å². The lowest BCUT2D eigenvalue weighted by Gasteiger charge is -2.39. The van der Waals surface area contributed by atoms with Crippen LogP contribution in [0.1, 0.15) is 44.9 Å². The van der Waals surface area contributed by atoms with Gasteiger partial charge < -0.3 is 10.6 Å². The van der Waals surface area contributed by atoms with E-state index in [0.717, 1.165) is 36.7 Å². The molecule has 4 rings (SSSR count). The molecule has 0 bridgehead atoms. The number of hydrogen-bond donors (Lipinski definition) is 3. The molecule has 2 aliphatic rings. The normalized spacial score (nSPS) is 22.8. The summed E-state index contributed by atoms with van der Waals surface area (Å²) < 4.78 is 42.0. The number of nitrogens with one attached hydrogen (secondary N) is 3. The quantitative estimate of drug-likeness (QED) is 0.564. The molecule has 0 radical (unpaired) electrons. The van der Waals surface area contributed by atoms with Gasteiger partial charge in [0.15, 0.2) is 5.13 Å². The van der Waals surface area contributed by atoms with Gasteiger partial charge >= 0.3 is 0 Å². The van der Waals surface area contributed by atoms with Gasteiger partial charge in [0.2, 0.25) is 0 Å². The number of halogens is 2. The van der Waals surface area contributed by atoms with E-state index in [4.69, 9.17) is 11.6 Å². The van der Waals surface area contributed by atoms with E-state index in [9.17, 15) is 12.8 Å². The predicted molar refractivity (Wildman–Crippen MR) is 115 cm³/mol. The van der Waals surface area contributed by atoms with Crippen molar-refractivity contribution in [2.45, 2.75) is 68.0 Å². The first-order chi connectivity index (χ1) is 13.9. The molecule has 1 aromatic carbocycles. The number of hydrogen-bond acceptors (Lipinski definition) is 6. The Morgan fingerprint density at radius 3 is 2.52 bits per heavy atom. The van der Waals surface area contributed by atoms with Crippen LogP contribution in [-0.4, -0.2) is 31.5 Å². The second-order valence-electron chi connectivity index (χ2n) is 7.64. The van der Waals surface area contributed by atoms with Crippen LogP contribution >= 0.6 is 22.9 Å². The van der Waals surface area contributed by atoms with Gasteiger partial charge in [0, 0.05) is 29.7 Å². The summed E-state index contributed by atoms with van der Waals surface area (Å²) in [6, 6.07) is 3.35. The Morgan fingerprint density at radius 1 is 1.10 bits per heavy atom. The molecule has 29 heavy (non-hydrogen) atoms. The molecule has 2 aromatic rings. The third-order valence-electron chi connectivity index (χ3n) is 5.63. The lowest BCUT2D eigenvalue weighted by atomic mass is 9.86. The average molecular weight is 459 g/mol. The molecule has 0 aliphatic heterocycles. The molecule has 0 unspecified atom stereocenters. The van der Waals surface area contributed by atoms with Crippen molar-refractivity contribution in [1.82, 2.24) is 10.3 Å². The lowest BCUT2D eigenvalue weighted by Crippen LogP contribution is -2.51. The molecule has 10 heteroatoms. The molecule has 0 saturated heterocycles. The number of aromatic nitrogens is 1. The van der Waals surface area contributed by atoms with Crippen molar-refractivity contribution in [3.63, 3.8) is 0 Å². The van der Waals surface area contributed by atoms with E-state index in [-0.39, 0.29) is 16.2 Å². The van der Waals surface area contributed by atoms with Crippen LogP contribution in [0.5, 0.6) is 0 Å². The van der Waals surface area contributed by atoms with Crippen LogP contribution in [0.3, 0.4) is 0 Å². The Balaban J connectivity index is 1.51. The summed E-state index contributed by atoms with van der Waals surface area (Å²) in [5, 5.41) is 9.05. The Hall–Kier alpha value is -1.42. The Morgan fingerprint density at radius 2 is 1.86 bits per heavy atom. The molecule has 0 amide bonds. The maximum Gasteiger partial charge on any atom is 0.266 e. The summed E-state index contributed by atoms with van der Waals surface area (Å²) in [6.07, 6.45) is 9.46. The van der Waals surface area contributed by atoms with Crippen molar-refractivity contribution >= 4 is 43.8 Å². The summed E-state index contributed by atoms with van der Waals surface area (Å²) in [4.78, 5) is 3.38. The number of sulfonamides is 1. The van der Waals surface area contributed by atoms with Gasteiger partial charge in [-0.2, -0.15) is 0 Å². The summed E-state index contributed by atoms with van der Waals surface area (Å²) in [5.74, 6) is -0.847. The van der Waals surface area contributed by atoms with Crippen LogP contribution in [0.2, 0.25) is 5.02 Å². The number of rotatable bonds is 7. The summed E-state index contributed by atoms with van der Waals surface area (Å²) in [6.45, 7) is 0. The van der Waals surface area contributed by atoms with Crippen LogP contribution in [0.15, 0.2) is 28.6 Å². The smallest absolute Gasteiger partial charge is 0.266 e. The van der Waals surface area contributed by atoms with Gasteiger partial charge in [-0.25, -0.2) is 17.8 Å². The first-order valence-electron chi connectivity index (χ1n) is 9.86. The minimum Gasteiger partial charge on any atom is -0.379 e. The van der Waals surface area contributed by atoms with E-state index >= 15 is 0 Å². The van der Waals surface area contributed by atoms with Crippen molar-refractivity contribution < 1.29 is 12.8 Å². The largest absolute Gasteiger partial charge is 0.379 e. The maximum atomic E-state index is 14.7. The molecular formula is C19H24ClFN4O2S2. The van der Waals surface area contributed by atoms with Gasteiger partial charge in [-0.05, 0) is 37.8 Å². The van der Waals surface area contributed by atoms with Crippen LogP contribution in [0.4, 0.5) is 15.2 Å². The highest BCUT2D eigenvalue weighted by Gasteiger charge is 2.30. The highest BCUT2D eigenvalue weighted by atomic mass is 35.5. The third-order valence-corrected chi connectivity index (χ3v) is 8.11. The molecule has 0 spiro atoms. The molecule has 1 heterocycles. The third kappa shape index (κ3) is 4.84. The fourth-order valence-electron chi connectivity index (χ4n) is 3.87. The maximum absolute atomic E-state index is 14.7. The van der Waals surface area contributed by atoms with E-state index in [1.54, 1.807) is 5.38 Å². The first kappa shape index (κ1) is 20.8. The van der Waals surface area contributed by atoms with E-state index in [1.165, 1.54) is 37.9 Å². The highest BCUT2D eigenvalue weighted by Crippen LogP contribution is 2.32. The first-order valence-corrected chi connectivity index (χ1v) is 12.6. The zero-order chi connectivity index (χ0) is 20.4. The van der Waals surface area contributed by atoms with E-state index in [0.29, 0.717) is 17.8 Å². The van der Waals surface area contributed by atoms with E-state index in [2.05, 4.69) is 20.3 Å². The molecule has 2 fully saturated rings. The zero-order valence-corrected chi connectivity index (χ0v) is 18.2. The minimum absolute atomic E-state index is 0.136. The van der Waals surface area contributed by atoms with Crippen molar-refractivity contribution in [2.24, 2.45) is 0 Å². The highest BCUT2D eigenvalue weighted by molar-refractivity contribution is 7.93. The number of benzene rings is 1. The van der Waals surface area contributed by atoms with Gasteiger partial charge in [-0.15, -0.1) is 11.3 Å². The zero-order valence-electron chi connectivity index (χ0n) is 15.8. The standard InChI is InChI=1S/C19H24ClFN4O2S2/c20-13-10-18(29(26,27)25-19-22-8-9-28-19)14(21)11-17(13)24-16-7-2-1-6-15(16)23-12-4-3-5-12/h8-12,15-16,23-24H,1-7H2,(H,22,25)/t15-,16+/m0/s1. The monoisotopic (exact) mass is 458 g/mol. The molecule has 158 valence electrons. The molecule has 2 aliphatic carbocycles. The van der Waals surface area contributed by atoms with Crippen LogP contribution in [0.25, 0.3) is 0 Å².